The number of hydrogen-bond donors (Lipinski definition) is 1. The van der Waals surface area contributed by atoms with Gasteiger partial charge in [-0.15, -0.1) is 0 Å². The summed E-state index contributed by atoms with van der Waals surface area (Å²) in [6.07, 6.45) is 3.04. The third-order valence-corrected chi connectivity index (χ3v) is 3.15. The molecule has 0 aromatic heterocycles. The van der Waals surface area contributed by atoms with Crippen molar-refractivity contribution in [3.63, 3.8) is 0 Å². The fourth-order valence-corrected chi connectivity index (χ4v) is 1.89. The van der Waals surface area contributed by atoms with Gasteiger partial charge in [-0.2, -0.15) is 0 Å². The maximum atomic E-state index is 11.8. The number of nitro groups is 1. The van der Waals surface area contributed by atoms with Crippen LogP contribution in [0, 0.1) is 10.1 Å². The standard InChI is InChI=1S/C15H11BrN2O3/c16-12-7-4-11(5-8-12)6-9-15(19)17-13-2-1-3-14(10-13)18(20)21/h1-10H,(H,17,19)/b9-6+. The Bertz CT molecular complexity index is 696. The van der Waals surface area contributed by atoms with Gasteiger partial charge in [-0.1, -0.05) is 34.1 Å². The molecule has 0 fully saturated rings. The lowest BCUT2D eigenvalue weighted by Crippen LogP contribution is -2.07. The molecule has 0 bridgehead atoms. The van der Waals surface area contributed by atoms with Crippen molar-refractivity contribution in [1.82, 2.24) is 0 Å². The number of nitrogens with one attached hydrogen (secondary N) is 1. The first-order valence-electron chi connectivity index (χ1n) is 6.04. The summed E-state index contributed by atoms with van der Waals surface area (Å²) in [5.74, 6) is -0.349. The van der Waals surface area contributed by atoms with E-state index in [9.17, 15) is 14.9 Å². The van der Waals surface area contributed by atoms with Crippen molar-refractivity contribution in [2.24, 2.45) is 0 Å². The number of anilines is 1. The summed E-state index contributed by atoms with van der Waals surface area (Å²) >= 11 is 3.33. The van der Waals surface area contributed by atoms with Gasteiger partial charge in [0.15, 0.2) is 0 Å². The van der Waals surface area contributed by atoms with E-state index in [-0.39, 0.29) is 11.6 Å². The molecule has 5 nitrogen and oxygen atoms in total. The highest BCUT2D eigenvalue weighted by Crippen LogP contribution is 2.17. The van der Waals surface area contributed by atoms with Crippen LogP contribution in [-0.2, 0) is 4.79 Å². The van der Waals surface area contributed by atoms with Gasteiger partial charge >= 0.3 is 0 Å². The Balaban J connectivity index is 2.03. The summed E-state index contributed by atoms with van der Waals surface area (Å²) in [7, 11) is 0. The molecular formula is C15H11BrN2O3. The van der Waals surface area contributed by atoms with E-state index in [1.165, 1.54) is 24.3 Å². The van der Waals surface area contributed by atoms with Crippen LogP contribution in [-0.4, -0.2) is 10.8 Å². The van der Waals surface area contributed by atoms with Crippen LogP contribution in [0.5, 0.6) is 0 Å². The zero-order valence-corrected chi connectivity index (χ0v) is 12.4. The normalized spacial score (nSPS) is 10.5. The number of hydrogen-bond acceptors (Lipinski definition) is 3. The predicted molar refractivity (Wildman–Crippen MR) is 84.9 cm³/mol. The monoisotopic (exact) mass is 346 g/mol. The number of benzene rings is 2. The Morgan fingerprint density at radius 3 is 2.57 bits per heavy atom. The van der Waals surface area contributed by atoms with Crippen LogP contribution in [0.25, 0.3) is 6.08 Å². The molecule has 0 unspecified atom stereocenters. The van der Waals surface area contributed by atoms with E-state index < -0.39 is 4.92 Å². The zero-order chi connectivity index (χ0) is 15.2. The number of rotatable bonds is 4. The van der Waals surface area contributed by atoms with Gasteiger partial charge in [-0.3, -0.25) is 14.9 Å². The fourth-order valence-electron chi connectivity index (χ4n) is 1.63. The van der Waals surface area contributed by atoms with Crippen LogP contribution >= 0.6 is 15.9 Å². The first-order chi connectivity index (χ1) is 10.0. The van der Waals surface area contributed by atoms with Gasteiger partial charge in [-0.25, -0.2) is 0 Å². The van der Waals surface area contributed by atoms with E-state index in [0.717, 1.165) is 10.0 Å². The highest BCUT2D eigenvalue weighted by Gasteiger charge is 2.06. The van der Waals surface area contributed by atoms with Gasteiger partial charge in [0.1, 0.15) is 0 Å². The zero-order valence-electron chi connectivity index (χ0n) is 10.8. The number of non-ortho nitro benzene ring substituents is 1. The van der Waals surface area contributed by atoms with E-state index in [2.05, 4.69) is 21.2 Å². The van der Waals surface area contributed by atoms with Gasteiger partial charge < -0.3 is 5.32 Å². The largest absolute Gasteiger partial charge is 0.322 e. The topological polar surface area (TPSA) is 72.2 Å². The molecule has 0 saturated heterocycles. The van der Waals surface area contributed by atoms with Crippen LogP contribution < -0.4 is 5.32 Å². The minimum Gasteiger partial charge on any atom is -0.322 e. The van der Waals surface area contributed by atoms with Crippen molar-refractivity contribution in [1.29, 1.82) is 0 Å². The Hall–Kier alpha value is -2.47. The van der Waals surface area contributed by atoms with Crippen LogP contribution in [0.1, 0.15) is 5.56 Å². The maximum Gasteiger partial charge on any atom is 0.271 e. The van der Waals surface area contributed by atoms with Crippen molar-refractivity contribution in [2.45, 2.75) is 0 Å². The van der Waals surface area contributed by atoms with Crippen LogP contribution in [0.2, 0.25) is 0 Å². The van der Waals surface area contributed by atoms with E-state index in [1.807, 2.05) is 24.3 Å². The number of nitro benzene ring substituents is 1. The average molecular weight is 347 g/mol. The molecule has 0 aliphatic carbocycles. The highest BCUT2D eigenvalue weighted by atomic mass is 79.9. The molecule has 2 aromatic carbocycles. The minimum atomic E-state index is -0.507. The van der Waals surface area contributed by atoms with E-state index in [0.29, 0.717) is 5.69 Å². The molecule has 0 atom stereocenters. The third-order valence-electron chi connectivity index (χ3n) is 2.62. The van der Waals surface area contributed by atoms with Gasteiger partial charge in [0.25, 0.3) is 5.69 Å². The molecule has 106 valence electrons. The highest BCUT2D eigenvalue weighted by molar-refractivity contribution is 9.10. The number of carbonyl (C=O) groups is 1. The van der Waals surface area contributed by atoms with Crippen molar-refractivity contribution in [2.75, 3.05) is 5.32 Å². The van der Waals surface area contributed by atoms with Crippen LogP contribution in [0.3, 0.4) is 0 Å². The van der Waals surface area contributed by atoms with E-state index in [1.54, 1.807) is 12.1 Å². The molecular weight excluding hydrogens is 336 g/mol. The van der Waals surface area contributed by atoms with E-state index >= 15 is 0 Å². The van der Waals surface area contributed by atoms with Gasteiger partial charge in [0.05, 0.1) is 4.92 Å². The predicted octanol–water partition coefficient (Wildman–Crippen LogP) is 4.01. The fraction of sp³-hybridized carbons (Fsp3) is 0. The lowest BCUT2D eigenvalue weighted by Gasteiger charge is -2.01. The molecule has 2 rings (SSSR count). The SMILES string of the molecule is O=C(/C=C/c1ccc(Br)cc1)Nc1cccc([N+](=O)[O-])c1. The molecule has 1 N–H and O–H groups in total. The molecule has 2 aromatic rings. The summed E-state index contributed by atoms with van der Waals surface area (Å²) in [5, 5.41) is 13.2. The van der Waals surface area contributed by atoms with Gasteiger partial charge in [0, 0.05) is 28.4 Å². The van der Waals surface area contributed by atoms with Crippen molar-refractivity contribution >= 4 is 39.3 Å². The molecule has 0 spiro atoms. The molecule has 1 amide bonds. The van der Waals surface area contributed by atoms with Crippen LogP contribution in [0.4, 0.5) is 11.4 Å². The number of amides is 1. The Morgan fingerprint density at radius 1 is 1.19 bits per heavy atom. The second-order valence-corrected chi connectivity index (χ2v) is 5.10. The average Bonchev–Trinajstić information content (AvgIpc) is 2.47. The molecule has 0 radical (unpaired) electrons. The van der Waals surface area contributed by atoms with Gasteiger partial charge in [-0.05, 0) is 29.8 Å². The summed E-state index contributed by atoms with van der Waals surface area (Å²) in [4.78, 5) is 21.9. The smallest absolute Gasteiger partial charge is 0.271 e. The van der Waals surface area contributed by atoms with E-state index in [4.69, 9.17) is 0 Å². The molecule has 21 heavy (non-hydrogen) atoms. The minimum absolute atomic E-state index is 0.0651. The molecule has 0 aliphatic rings. The maximum absolute atomic E-state index is 11.8. The molecule has 0 heterocycles. The Kier molecular flexibility index (Phi) is 4.84. The molecule has 6 heteroatoms. The quantitative estimate of drug-likeness (QED) is 0.516. The second kappa shape index (κ2) is 6.81. The lowest BCUT2D eigenvalue weighted by molar-refractivity contribution is -0.384. The lowest BCUT2D eigenvalue weighted by atomic mass is 10.2. The van der Waals surface area contributed by atoms with Crippen molar-refractivity contribution < 1.29 is 9.72 Å². The van der Waals surface area contributed by atoms with Crippen molar-refractivity contribution in [3.05, 3.63) is 74.8 Å². The Labute approximate surface area is 129 Å². The van der Waals surface area contributed by atoms with Gasteiger partial charge in [0.2, 0.25) is 5.91 Å². The second-order valence-electron chi connectivity index (χ2n) is 4.18. The molecule has 0 saturated carbocycles. The number of halogens is 1. The number of nitrogens with zero attached hydrogens (tertiary/aromatic N) is 1. The first-order valence-corrected chi connectivity index (χ1v) is 6.83. The summed E-state index contributed by atoms with van der Waals surface area (Å²) in [6, 6.07) is 13.3. The number of carbonyl (C=O) groups excluding carboxylic acids is 1. The Morgan fingerprint density at radius 2 is 1.90 bits per heavy atom. The van der Waals surface area contributed by atoms with Crippen molar-refractivity contribution in [3.8, 4) is 0 Å². The third kappa shape index (κ3) is 4.54. The molecule has 0 aliphatic heterocycles. The summed E-state index contributed by atoms with van der Waals surface area (Å²) in [5.41, 5.74) is 1.20. The first kappa shape index (κ1) is 14.9. The summed E-state index contributed by atoms with van der Waals surface area (Å²) < 4.78 is 0.959. The summed E-state index contributed by atoms with van der Waals surface area (Å²) in [6.45, 7) is 0. The van der Waals surface area contributed by atoms with Crippen LogP contribution in [0.15, 0.2) is 59.1 Å².